The molecule has 0 aliphatic carbocycles. The Morgan fingerprint density at radius 1 is 0.312 bits per heavy atom. The number of benzene rings is 6. The lowest BCUT2D eigenvalue weighted by Gasteiger charge is -2.38. The van der Waals surface area contributed by atoms with E-state index in [-0.39, 0.29) is 0 Å². The SMILES string of the molecule is Clc1cccc(C2(C3(c4cccc(Cl)c4)N=C(c4ccccc4)C(c4ccccc4)=N3)N=C(c3ccccc3)C(c3ccccc3)=N2)c1. The lowest BCUT2D eigenvalue weighted by Crippen LogP contribution is -2.43. The summed E-state index contributed by atoms with van der Waals surface area (Å²) in [5, 5.41) is 1.12. The molecule has 6 aromatic carbocycles. The Balaban J connectivity index is 1.54. The molecule has 4 nitrogen and oxygen atoms in total. The van der Waals surface area contributed by atoms with Crippen LogP contribution in [0.4, 0.5) is 0 Å². The van der Waals surface area contributed by atoms with Gasteiger partial charge in [0.15, 0.2) is 0 Å². The summed E-state index contributed by atoms with van der Waals surface area (Å²) in [5.41, 5.74) is 5.35. The van der Waals surface area contributed by atoms with E-state index in [1.807, 2.05) is 121 Å². The summed E-state index contributed by atoms with van der Waals surface area (Å²) in [4.78, 5) is 22.7. The molecule has 0 bridgehead atoms. The van der Waals surface area contributed by atoms with E-state index in [1.165, 1.54) is 0 Å². The van der Waals surface area contributed by atoms with Crippen LogP contribution in [0.3, 0.4) is 0 Å². The van der Waals surface area contributed by atoms with Gasteiger partial charge in [-0.3, -0.25) is 0 Å². The van der Waals surface area contributed by atoms with Crippen LogP contribution in [0.25, 0.3) is 0 Å². The fraction of sp³-hybridized carbons (Fsp3) is 0.0476. The van der Waals surface area contributed by atoms with Crippen molar-refractivity contribution >= 4 is 46.0 Å². The minimum absolute atomic E-state index is 0.561. The van der Waals surface area contributed by atoms with Crippen molar-refractivity contribution in [3.05, 3.63) is 213 Å². The Hall–Kier alpha value is -5.42. The van der Waals surface area contributed by atoms with Crippen LogP contribution in [0.5, 0.6) is 0 Å². The second kappa shape index (κ2) is 12.3. The topological polar surface area (TPSA) is 49.4 Å². The predicted octanol–water partition coefficient (Wildman–Crippen LogP) is 9.98. The molecule has 0 saturated heterocycles. The molecule has 0 fully saturated rings. The number of rotatable bonds is 7. The third-order valence-electron chi connectivity index (χ3n) is 8.67. The third kappa shape index (κ3) is 5.11. The lowest BCUT2D eigenvalue weighted by atomic mass is 9.82. The lowest BCUT2D eigenvalue weighted by molar-refractivity contribution is 0.257. The third-order valence-corrected chi connectivity index (χ3v) is 9.14. The largest absolute Gasteiger partial charge is 0.243 e. The number of aliphatic imine (C=N–C) groups is 4. The van der Waals surface area contributed by atoms with Crippen LogP contribution < -0.4 is 0 Å². The molecule has 230 valence electrons. The molecule has 48 heavy (non-hydrogen) atoms. The fourth-order valence-electron chi connectivity index (χ4n) is 6.48. The van der Waals surface area contributed by atoms with Crippen molar-refractivity contribution in [1.82, 2.24) is 0 Å². The summed E-state index contributed by atoms with van der Waals surface area (Å²) in [6.45, 7) is 0. The first-order chi connectivity index (χ1) is 23.6. The molecule has 0 spiro atoms. The summed E-state index contributed by atoms with van der Waals surface area (Å²) in [6.07, 6.45) is 0. The van der Waals surface area contributed by atoms with Crippen molar-refractivity contribution in [3.63, 3.8) is 0 Å². The zero-order valence-electron chi connectivity index (χ0n) is 25.7. The van der Waals surface area contributed by atoms with E-state index in [1.54, 1.807) is 0 Å². The molecule has 0 aromatic heterocycles. The second-order valence-electron chi connectivity index (χ2n) is 11.7. The van der Waals surface area contributed by atoms with Gasteiger partial charge in [0.1, 0.15) is 0 Å². The van der Waals surface area contributed by atoms with Crippen LogP contribution in [0, 0.1) is 0 Å². The molecule has 0 unspecified atom stereocenters. The molecule has 6 heteroatoms. The number of halogens is 2. The van der Waals surface area contributed by atoms with Crippen molar-refractivity contribution in [2.75, 3.05) is 0 Å². The van der Waals surface area contributed by atoms with Crippen molar-refractivity contribution in [2.45, 2.75) is 11.3 Å². The molecule has 8 rings (SSSR count). The average Bonchev–Trinajstić information content (AvgIpc) is 3.76. The van der Waals surface area contributed by atoms with Gasteiger partial charge in [-0.05, 0) is 24.3 Å². The second-order valence-corrected chi connectivity index (χ2v) is 12.5. The monoisotopic (exact) mass is 658 g/mol. The van der Waals surface area contributed by atoms with E-state index in [0.717, 1.165) is 56.2 Å². The van der Waals surface area contributed by atoms with E-state index < -0.39 is 11.3 Å². The summed E-state index contributed by atoms with van der Waals surface area (Å²) < 4.78 is 0. The van der Waals surface area contributed by atoms with E-state index in [4.69, 9.17) is 43.2 Å². The Bertz CT molecular complexity index is 1970. The Labute approximate surface area is 289 Å². The summed E-state index contributed by atoms with van der Waals surface area (Å²) in [7, 11) is 0. The van der Waals surface area contributed by atoms with Gasteiger partial charge < -0.3 is 0 Å². The first-order valence-electron chi connectivity index (χ1n) is 15.7. The normalized spacial score (nSPS) is 16.1. The van der Waals surface area contributed by atoms with Crippen molar-refractivity contribution in [3.8, 4) is 0 Å². The Kier molecular flexibility index (Phi) is 7.68. The summed E-state index contributed by atoms with van der Waals surface area (Å²) in [6, 6.07) is 56.0. The quantitative estimate of drug-likeness (QED) is 0.164. The summed E-state index contributed by atoms with van der Waals surface area (Å²) >= 11 is 13.5. The van der Waals surface area contributed by atoms with Gasteiger partial charge in [-0.2, -0.15) is 0 Å². The molecular formula is C42H28Cl2N4. The van der Waals surface area contributed by atoms with Gasteiger partial charge in [0.25, 0.3) is 0 Å². The first-order valence-corrected chi connectivity index (χ1v) is 16.5. The molecule has 0 atom stereocenters. The van der Waals surface area contributed by atoms with Crippen molar-refractivity contribution in [1.29, 1.82) is 0 Å². The molecule has 6 aromatic rings. The maximum atomic E-state index is 6.77. The zero-order chi connectivity index (χ0) is 32.6. The van der Waals surface area contributed by atoms with Crippen LogP contribution in [-0.4, -0.2) is 22.8 Å². The van der Waals surface area contributed by atoms with E-state index in [9.17, 15) is 0 Å². The van der Waals surface area contributed by atoms with Gasteiger partial charge in [0.05, 0.1) is 22.8 Å². The van der Waals surface area contributed by atoms with E-state index in [2.05, 4.69) is 48.5 Å². The molecule has 0 N–H and O–H groups in total. The summed E-state index contributed by atoms with van der Waals surface area (Å²) in [5.74, 6) is 0. The molecule has 2 heterocycles. The van der Waals surface area contributed by atoms with E-state index in [0.29, 0.717) is 10.0 Å². The van der Waals surface area contributed by atoms with E-state index >= 15 is 0 Å². The minimum atomic E-state index is -1.42. The van der Waals surface area contributed by atoms with Gasteiger partial charge in [-0.15, -0.1) is 0 Å². The van der Waals surface area contributed by atoms with Crippen molar-refractivity contribution in [2.24, 2.45) is 20.0 Å². The van der Waals surface area contributed by atoms with Gasteiger partial charge in [0.2, 0.25) is 11.3 Å². The highest BCUT2D eigenvalue weighted by Crippen LogP contribution is 2.55. The van der Waals surface area contributed by atoms with Crippen LogP contribution in [-0.2, 0) is 11.3 Å². The zero-order valence-corrected chi connectivity index (χ0v) is 27.2. The smallest absolute Gasteiger partial charge is 0.226 e. The van der Waals surface area contributed by atoms with Crippen LogP contribution >= 0.6 is 23.2 Å². The van der Waals surface area contributed by atoms with Crippen LogP contribution in [0.2, 0.25) is 10.0 Å². The highest BCUT2D eigenvalue weighted by molar-refractivity contribution is 6.55. The minimum Gasteiger partial charge on any atom is -0.243 e. The van der Waals surface area contributed by atoms with Crippen LogP contribution in [0.1, 0.15) is 33.4 Å². The number of hydrogen-bond donors (Lipinski definition) is 0. The Morgan fingerprint density at radius 2 is 0.583 bits per heavy atom. The molecule has 0 saturated carbocycles. The van der Waals surface area contributed by atoms with Crippen LogP contribution in [0.15, 0.2) is 190 Å². The average molecular weight is 660 g/mol. The number of nitrogens with zero attached hydrogens (tertiary/aromatic N) is 4. The van der Waals surface area contributed by atoms with Gasteiger partial charge in [-0.1, -0.05) is 169 Å². The maximum Gasteiger partial charge on any atom is 0.226 e. The van der Waals surface area contributed by atoms with Gasteiger partial charge in [-0.25, -0.2) is 20.0 Å². The molecule has 2 aliphatic heterocycles. The highest BCUT2D eigenvalue weighted by Gasteiger charge is 2.60. The predicted molar refractivity (Wildman–Crippen MR) is 198 cm³/mol. The fourth-order valence-corrected chi connectivity index (χ4v) is 6.86. The molecule has 2 aliphatic rings. The molecule has 0 amide bonds. The molecule has 0 radical (unpaired) electrons. The number of hydrogen-bond acceptors (Lipinski definition) is 4. The van der Waals surface area contributed by atoms with Gasteiger partial charge >= 0.3 is 0 Å². The Morgan fingerprint density at radius 3 is 0.833 bits per heavy atom. The van der Waals surface area contributed by atoms with Crippen molar-refractivity contribution < 1.29 is 0 Å². The van der Waals surface area contributed by atoms with Gasteiger partial charge in [0, 0.05) is 43.4 Å². The maximum absolute atomic E-state index is 6.77. The highest BCUT2D eigenvalue weighted by atomic mass is 35.5. The molecular weight excluding hydrogens is 631 g/mol. The standard InChI is InChI=1S/C42H28Cl2N4/c43-35-25-13-23-33(27-35)41(45-37(29-15-5-1-6-16-29)38(46-41)30-17-7-2-8-18-30)42(34-24-14-26-36(44)28-34)47-39(31-19-9-3-10-20-31)40(48-42)32-21-11-4-12-22-32/h1-28H. The first kappa shape index (κ1) is 29.9.